The van der Waals surface area contributed by atoms with Gasteiger partial charge in [-0.2, -0.15) is 0 Å². The fourth-order valence-corrected chi connectivity index (χ4v) is 5.58. The number of nitrogens with two attached hydrogens (primary N) is 1. The Hall–Kier alpha value is -1.96. The molecule has 4 rings (SSSR count). The lowest BCUT2D eigenvalue weighted by atomic mass is 9.71. The molecule has 2 N–H and O–H groups in total. The molecule has 3 amide bonds. The summed E-state index contributed by atoms with van der Waals surface area (Å²) in [6.07, 6.45) is 0.920. The number of aryl methyl sites for hydroxylation is 2. The standard InChI is InChI=1S/C19H26N4O3S/c1-10-14(27-11(2)21-10)17(26)22-6-13(15(20)24)19(7-22)8-23(9-19)16(25)12-5-18(12,3)4/h12-13H,5-9H2,1-4H3,(H2,20,24)/t12-,13+/m1/s1. The van der Waals surface area contributed by atoms with E-state index in [-0.39, 0.29) is 29.1 Å². The van der Waals surface area contributed by atoms with E-state index in [0.29, 0.717) is 31.1 Å². The molecule has 3 heterocycles. The Morgan fingerprint density at radius 2 is 1.70 bits per heavy atom. The van der Waals surface area contributed by atoms with Gasteiger partial charge in [0.2, 0.25) is 11.8 Å². The van der Waals surface area contributed by atoms with Crippen molar-refractivity contribution in [3.05, 3.63) is 15.6 Å². The van der Waals surface area contributed by atoms with Crippen LogP contribution in [0.4, 0.5) is 0 Å². The normalized spacial score (nSPS) is 27.6. The highest BCUT2D eigenvalue weighted by molar-refractivity contribution is 7.13. The molecule has 1 aromatic heterocycles. The molecule has 3 fully saturated rings. The minimum atomic E-state index is -0.410. The topological polar surface area (TPSA) is 96.6 Å². The van der Waals surface area contributed by atoms with E-state index in [2.05, 4.69) is 18.8 Å². The quantitative estimate of drug-likeness (QED) is 0.838. The summed E-state index contributed by atoms with van der Waals surface area (Å²) >= 11 is 1.38. The molecule has 2 atom stereocenters. The zero-order valence-electron chi connectivity index (χ0n) is 16.2. The molecule has 7 nitrogen and oxygen atoms in total. The maximum Gasteiger partial charge on any atom is 0.265 e. The van der Waals surface area contributed by atoms with Gasteiger partial charge in [0.25, 0.3) is 5.91 Å². The first-order valence-corrected chi connectivity index (χ1v) is 10.2. The van der Waals surface area contributed by atoms with Crippen LogP contribution in [-0.2, 0) is 9.59 Å². The molecular formula is C19H26N4O3S. The van der Waals surface area contributed by atoms with Crippen molar-refractivity contribution in [2.75, 3.05) is 26.2 Å². The lowest BCUT2D eigenvalue weighted by Crippen LogP contribution is -2.64. The first kappa shape index (κ1) is 18.4. The van der Waals surface area contributed by atoms with Crippen molar-refractivity contribution in [3.63, 3.8) is 0 Å². The second-order valence-electron chi connectivity index (χ2n) is 9.09. The van der Waals surface area contributed by atoms with Gasteiger partial charge in [-0.3, -0.25) is 14.4 Å². The Bertz CT molecular complexity index is 840. The van der Waals surface area contributed by atoms with Crippen molar-refractivity contribution in [2.45, 2.75) is 34.1 Å². The molecule has 0 aromatic carbocycles. The van der Waals surface area contributed by atoms with E-state index in [1.807, 2.05) is 18.7 Å². The van der Waals surface area contributed by atoms with E-state index >= 15 is 0 Å². The summed E-state index contributed by atoms with van der Waals surface area (Å²) in [6, 6.07) is 0. The van der Waals surface area contributed by atoms with Crippen LogP contribution >= 0.6 is 11.3 Å². The lowest BCUT2D eigenvalue weighted by molar-refractivity contribution is -0.150. The van der Waals surface area contributed by atoms with E-state index in [1.165, 1.54) is 11.3 Å². The third-order valence-corrected chi connectivity index (χ3v) is 7.57. The number of likely N-dealkylation sites (tertiary alicyclic amines) is 2. The minimum absolute atomic E-state index is 0.0855. The van der Waals surface area contributed by atoms with E-state index in [9.17, 15) is 14.4 Å². The van der Waals surface area contributed by atoms with Crippen molar-refractivity contribution in [1.29, 1.82) is 0 Å². The molecule has 2 aliphatic heterocycles. The van der Waals surface area contributed by atoms with Gasteiger partial charge in [-0.05, 0) is 25.7 Å². The average molecular weight is 391 g/mol. The van der Waals surface area contributed by atoms with Gasteiger partial charge >= 0.3 is 0 Å². The zero-order chi connectivity index (χ0) is 19.7. The van der Waals surface area contributed by atoms with Crippen LogP contribution in [0.15, 0.2) is 0 Å². The maximum atomic E-state index is 13.0. The van der Waals surface area contributed by atoms with Gasteiger partial charge in [-0.15, -0.1) is 11.3 Å². The number of carbonyl (C=O) groups is 3. The first-order chi connectivity index (χ1) is 12.5. The van der Waals surface area contributed by atoms with E-state index in [4.69, 9.17) is 5.73 Å². The van der Waals surface area contributed by atoms with Gasteiger partial charge in [0.15, 0.2) is 0 Å². The summed E-state index contributed by atoms with van der Waals surface area (Å²) in [7, 11) is 0. The number of primary amides is 1. The summed E-state index contributed by atoms with van der Waals surface area (Å²) in [4.78, 5) is 46.2. The summed E-state index contributed by atoms with van der Waals surface area (Å²) < 4.78 is 0. The second kappa shape index (κ2) is 5.77. The zero-order valence-corrected chi connectivity index (χ0v) is 17.1. The Morgan fingerprint density at radius 1 is 1.11 bits per heavy atom. The van der Waals surface area contributed by atoms with Crippen molar-refractivity contribution in [1.82, 2.24) is 14.8 Å². The SMILES string of the molecule is Cc1nc(C)c(C(=O)N2C[C@@H](C(N)=O)C3(C2)CN(C(=O)[C@H]2CC2(C)C)C3)s1. The monoisotopic (exact) mass is 390 g/mol. The summed E-state index contributed by atoms with van der Waals surface area (Å²) in [6.45, 7) is 9.72. The number of rotatable bonds is 3. The van der Waals surface area contributed by atoms with Gasteiger partial charge < -0.3 is 15.5 Å². The molecule has 0 unspecified atom stereocenters. The predicted octanol–water partition coefficient (Wildman–Crippen LogP) is 1.19. The van der Waals surface area contributed by atoms with Crippen molar-refractivity contribution >= 4 is 29.1 Å². The van der Waals surface area contributed by atoms with Crippen LogP contribution in [0.2, 0.25) is 0 Å². The van der Waals surface area contributed by atoms with Crippen LogP contribution in [0.3, 0.4) is 0 Å². The van der Waals surface area contributed by atoms with Crippen LogP contribution in [0, 0.1) is 36.5 Å². The number of nitrogens with zero attached hydrogens (tertiary/aromatic N) is 3. The van der Waals surface area contributed by atoms with Crippen molar-refractivity contribution in [2.24, 2.45) is 28.4 Å². The highest BCUT2D eigenvalue weighted by Crippen LogP contribution is 2.54. The predicted molar refractivity (Wildman–Crippen MR) is 101 cm³/mol. The molecule has 146 valence electrons. The number of carbonyl (C=O) groups excluding carboxylic acids is 3. The molecule has 3 aliphatic rings. The largest absolute Gasteiger partial charge is 0.369 e. The van der Waals surface area contributed by atoms with Crippen LogP contribution in [-0.4, -0.2) is 58.7 Å². The Balaban J connectivity index is 1.49. The summed E-state index contributed by atoms with van der Waals surface area (Å²) in [5, 5.41) is 0.851. The molecule has 0 bridgehead atoms. The van der Waals surface area contributed by atoms with Crippen LogP contribution < -0.4 is 5.73 Å². The molecule has 1 aromatic rings. The van der Waals surface area contributed by atoms with Crippen LogP contribution in [0.25, 0.3) is 0 Å². The number of hydrogen-bond donors (Lipinski definition) is 1. The fraction of sp³-hybridized carbons (Fsp3) is 0.684. The molecule has 1 spiro atoms. The fourth-order valence-electron chi connectivity index (χ4n) is 4.69. The van der Waals surface area contributed by atoms with Gasteiger partial charge in [-0.1, -0.05) is 13.8 Å². The summed E-state index contributed by atoms with van der Waals surface area (Å²) in [5.74, 6) is -0.626. The van der Waals surface area contributed by atoms with Crippen molar-refractivity contribution < 1.29 is 14.4 Å². The van der Waals surface area contributed by atoms with Crippen LogP contribution in [0.5, 0.6) is 0 Å². The Labute approximate surface area is 162 Å². The number of aromatic nitrogens is 1. The van der Waals surface area contributed by atoms with E-state index in [1.54, 1.807) is 4.90 Å². The lowest BCUT2D eigenvalue weighted by Gasteiger charge is -2.50. The van der Waals surface area contributed by atoms with E-state index in [0.717, 1.165) is 17.1 Å². The van der Waals surface area contributed by atoms with Crippen LogP contribution in [0.1, 0.15) is 40.6 Å². The molecule has 1 aliphatic carbocycles. The highest BCUT2D eigenvalue weighted by atomic mass is 32.1. The van der Waals surface area contributed by atoms with Gasteiger partial charge in [-0.25, -0.2) is 4.98 Å². The third-order valence-electron chi connectivity index (χ3n) is 6.51. The Kier molecular flexibility index (Phi) is 3.93. The average Bonchev–Trinajstić information content (AvgIpc) is 2.90. The minimum Gasteiger partial charge on any atom is -0.369 e. The molecule has 8 heteroatoms. The first-order valence-electron chi connectivity index (χ1n) is 9.35. The highest BCUT2D eigenvalue weighted by Gasteiger charge is 2.61. The number of amides is 3. The van der Waals surface area contributed by atoms with Gasteiger partial charge in [0, 0.05) is 37.5 Å². The third kappa shape index (κ3) is 2.85. The molecule has 2 saturated heterocycles. The van der Waals surface area contributed by atoms with Gasteiger partial charge in [0.05, 0.1) is 16.6 Å². The Morgan fingerprint density at radius 3 is 2.19 bits per heavy atom. The van der Waals surface area contributed by atoms with Gasteiger partial charge in [0.1, 0.15) is 4.88 Å². The maximum absolute atomic E-state index is 13.0. The molecule has 0 radical (unpaired) electrons. The molecule has 1 saturated carbocycles. The van der Waals surface area contributed by atoms with Crippen molar-refractivity contribution in [3.8, 4) is 0 Å². The number of hydrogen-bond acceptors (Lipinski definition) is 5. The summed E-state index contributed by atoms with van der Waals surface area (Å²) in [5.41, 5.74) is 6.07. The smallest absolute Gasteiger partial charge is 0.265 e. The molecular weight excluding hydrogens is 364 g/mol. The molecule has 27 heavy (non-hydrogen) atoms. The number of thiazole rings is 1. The van der Waals surface area contributed by atoms with E-state index < -0.39 is 11.3 Å². The second-order valence-corrected chi connectivity index (χ2v) is 10.3.